The molecular weight excluding hydrogens is 358 g/mol. The monoisotopic (exact) mass is 379 g/mol. The van der Waals surface area contributed by atoms with E-state index in [0.29, 0.717) is 31.9 Å². The number of ether oxygens (including phenoxy) is 1. The van der Waals surface area contributed by atoms with Gasteiger partial charge in [-0.25, -0.2) is 4.98 Å². The highest BCUT2D eigenvalue weighted by Gasteiger charge is 2.45. The molecule has 3 aromatic rings. The van der Waals surface area contributed by atoms with Crippen LogP contribution >= 0.6 is 0 Å². The molecule has 1 atom stereocenters. The van der Waals surface area contributed by atoms with Crippen molar-refractivity contribution in [2.75, 3.05) is 13.1 Å². The molecule has 0 N–H and O–H groups in total. The second kappa shape index (κ2) is 6.23. The Balaban J connectivity index is 1.39. The summed E-state index contributed by atoms with van der Waals surface area (Å²) in [6.45, 7) is 4.04. The third kappa shape index (κ3) is 2.78. The fourth-order valence-corrected chi connectivity index (χ4v) is 3.97. The van der Waals surface area contributed by atoms with Gasteiger partial charge in [-0.05, 0) is 31.5 Å². The number of nitrogens with zero attached hydrogens (tertiary/aromatic N) is 7. The SMILES string of the molecule is Cc1cccc(C(=O)N2CCC3(C2)Cn2c(nnc2-c2ccn(C)n2)CO3)n1. The Morgan fingerprint density at radius 2 is 2.11 bits per heavy atom. The lowest BCUT2D eigenvalue weighted by Crippen LogP contribution is -2.45. The summed E-state index contributed by atoms with van der Waals surface area (Å²) < 4.78 is 10.0. The van der Waals surface area contributed by atoms with Gasteiger partial charge in [0.2, 0.25) is 0 Å². The molecular formula is C19H21N7O2. The predicted molar refractivity (Wildman–Crippen MR) is 99.2 cm³/mol. The van der Waals surface area contributed by atoms with Crippen LogP contribution in [0.25, 0.3) is 11.5 Å². The zero-order valence-corrected chi connectivity index (χ0v) is 15.9. The quantitative estimate of drug-likeness (QED) is 0.664. The molecule has 9 nitrogen and oxygen atoms in total. The maximum Gasteiger partial charge on any atom is 0.272 e. The van der Waals surface area contributed by atoms with Gasteiger partial charge in [-0.3, -0.25) is 9.48 Å². The topological polar surface area (TPSA) is 91.0 Å². The van der Waals surface area contributed by atoms with Crippen LogP contribution in [0, 0.1) is 6.92 Å². The molecule has 2 aliphatic rings. The third-order valence-corrected chi connectivity index (χ3v) is 5.43. The van der Waals surface area contributed by atoms with Crippen molar-refractivity contribution in [3.05, 3.63) is 47.7 Å². The van der Waals surface area contributed by atoms with E-state index < -0.39 is 5.60 Å². The second-order valence-electron chi connectivity index (χ2n) is 7.51. The maximum absolute atomic E-state index is 12.9. The van der Waals surface area contributed by atoms with Gasteiger partial charge in [0.15, 0.2) is 11.6 Å². The Labute approximate surface area is 162 Å². The second-order valence-corrected chi connectivity index (χ2v) is 7.51. The highest BCUT2D eigenvalue weighted by Crippen LogP contribution is 2.34. The Kier molecular flexibility index (Phi) is 3.80. The van der Waals surface area contributed by atoms with Crippen LogP contribution in [0.1, 0.15) is 28.4 Å². The van der Waals surface area contributed by atoms with Crippen molar-refractivity contribution in [3.63, 3.8) is 0 Å². The fourth-order valence-electron chi connectivity index (χ4n) is 3.97. The summed E-state index contributed by atoms with van der Waals surface area (Å²) in [5.41, 5.74) is 1.67. The summed E-state index contributed by atoms with van der Waals surface area (Å²) in [6.07, 6.45) is 2.65. The van der Waals surface area contributed by atoms with E-state index in [1.807, 2.05) is 43.3 Å². The molecule has 5 rings (SSSR count). The molecule has 28 heavy (non-hydrogen) atoms. The highest BCUT2D eigenvalue weighted by atomic mass is 16.5. The van der Waals surface area contributed by atoms with Crippen LogP contribution in [-0.4, -0.2) is 59.0 Å². The molecule has 1 spiro atoms. The number of hydrogen-bond donors (Lipinski definition) is 0. The average molecular weight is 379 g/mol. The number of aromatic nitrogens is 6. The number of likely N-dealkylation sites (tertiary alicyclic amines) is 1. The lowest BCUT2D eigenvalue weighted by molar-refractivity contribution is -0.0805. The summed E-state index contributed by atoms with van der Waals surface area (Å²) in [5.74, 6) is 1.48. The van der Waals surface area contributed by atoms with Crippen LogP contribution in [0.2, 0.25) is 0 Å². The molecule has 2 aliphatic heterocycles. The van der Waals surface area contributed by atoms with Gasteiger partial charge in [0.1, 0.15) is 23.6 Å². The molecule has 1 fully saturated rings. The van der Waals surface area contributed by atoms with Gasteiger partial charge in [-0.1, -0.05) is 6.07 Å². The number of rotatable bonds is 2. The number of carbonyl (C=O) groups excluding carboxylic acids is 1. The summed E-state index contributed by atoms with van der Waals surface area (Å²) >= 11 is 0. The zero-order valence-electron chi connectivity index (χ0n) is 15.9. The van der Waals surface area contributed by atoms with Gasteiger partial charge >= 0.3 is 0 Å². The molecule has 0 aromatic carbocycles. The van der Waals surface area contributed by atoms with Crippen LogP contribution in [0.4, 0.5) is 0 Å². The minimum Gasteiger partial charge on any atom is -0.363 e. The van der Waals surface area contributed by atoms with Crippen molar-refractivity contribution >= 4 is 5.91 Å². The summed E-state index contributed by atoms with van der Waals surface area (Å²) in [5, 5.41) is 13.0. The normalized spacial score (nSPS) is 21.3. The van der Waals surface area contributed by atoms with Gasteiger partial charge < -0.3 is 14.2 Å². The van der Waals surface area contributed by atoms with Crippen LogP contribution < -0.4 is 0 Å². The number of carbonyl (C=O) groups is 1. The first-order valence-corrected chi connectivity index (χ1v) is 9.32. The average Bonchev–Trinajstić information content (AvgIpc) is 3.40. The number of pyridine rings is 1. The first-order chi connectivity index (χ1) is 13.5. The van der Waals surface area contributed by atoms with Crippen LogP contribution in [0.15, 0.2) is 30.5 Å². The Morgan fingerprint density at radius 3 is 2.89 bits per heavy atom. The van der Waals surface area contributed by atoms with Gasteiger partial charge in [0.05, 0.1) is 13.1 Å². The third-order valence-electron chi connectivity index (χ3n) is 5.43. The first kappa shape index (κ1) is 17.1. The Bertz CT molecular complexity index is 1060. The molecule has 144 valence electrons. The van der Waals surface area contributed by atoms with Gasteiger partial charge in [-0.15, -0.1) is 10.2 Å². The van der Waals surface area contributed by atoms with Crippen molar-refractivity contribution < 1.29 is 9.53 Å². The first-order valence-electron chi connectivity index (χ1n) is 9.32. The molecule has 5 heterocycles. The van der Waals surface area contributed by atoms with E-state index in [1.165, 1.54) is 0 Å². The maximum atomic E-state index is 12.9. The smallest absolute Gasteiger partial charge is 0.272 e. The van der Waals surface area contributed by atoms with Gasteiger partial charge in [0.25, 0.3) is 5.91 Å². The van der Waals surface area contributed by atoms with Crippen molar-refractivity contribution in [1.82, 2.24) is 34.4 Å². The number of fused-ring (bicyclic) bond motifs is 1. The Morgan fingerprint density at radius 1 is 1.21 bits per heavy atom. The van der Waals surface area contributed by atoms with E-state index in [-0.39, 0.29) is 5.91 Å². The molecule has 0 radical (unpaired) electrons. The minimum absolute atomic E-state index is 0.0522. The number of hydrogen-bond acceptors (Lipinski definition) is 6. The van der Waals surface area contributed by atoms with Crippen molar-refractivity contribution in [2.45, 2.75) is 32.1 Å². The standard InChI is InChI=1S/C19H21N7O2/c1-13-4-3-5-15(20-13)18(27)25-9-7-19(11-25)12-26-16(10-28-19)21-22-17(26)14-6-8-24(2)23-14/h3-6,8H,7,9-12H2,1-2H3. The summed E-state index contributed by atoms with van der Waals surface area (Å²) in [6, 6.07) is 7.44. The lowest BCUT2D eigenvalue weighted by Gasteiger charge is -2.34. The Hall–Kier alpha value is -3.07. The minimum atomic E-state index is -0.432. The van der Waals surface area contributed by atoms with Crippen molar-refractivity contribution in [1.29, 1.82) is 0 Å². The van der Waals surface area contributed by atoms with E-state index in [2.05, 4.69) is 24.8 Å². The summed E-state index contributed by atoms with van der Waals surface area (Å²) in [4.78, 5) is 19.1. The van der Waals surface area contributed by atoms with E-state index >= 15 is 0 Å². The molecule has 0 saturated carbocycles. The lowest BCUT2D eigenvalue weighted by atomic mass is 10.0. The predicted octanol–water partition coefficient (Wildman–Crippen LogP) is 1.20. The number of aryl methyl sites for hydroxylation is 2. The molecule has 0 bridgehead atoms. The van der Waals surface area contributed by atoms with Crippen LogP contribution in [0.3, 0.4) is 0 Å². The van der Waals surface area contributed by atoms with E-state index in [0.717, 1.165) is 29.5 Å². The molecule has 1 unspecified atom stereocenters. The molecule has 1 saturated heterocycles. The van der Waals surface area contributed by atoms with Crippen molar-refractivity contribution in [2.24, 2.45) is 7.05 Å². The number of amides is 1. The fraction of sp³-hybridized carbons (Fsp3) is 0.421. The molecule has 9 heteroatoms. The van der Waals surface area contributed by atoms with Crippen molar-refractivity contribution in [3.8, 4) is 11.5 Å². The van der Waals surface area contributed by atoms with E-state index in [4.69, 9.17) is 4.74 Å². The highest BCUT2D eigenvalue weighted by molar-refractivity contribution is 5.92. The van der Waals surface area contributed by atoms with E-state index in [1.54, 1.807) is 10.7 Å². The van der Waals surface area contributed by atoms with Gasteiger partial charge in [0, 0.05) is 25.5 Å². The summed E-state index contributed by atoms with van der Waals surface area (Å²) in [7, 11) is 1.88. The van der Waals surface area contributed by atoms with Crippen LogP contribution in [-0.2, 0) is 24.9 Å². The largest absolute Gasteiger partial charge is 0.363 e. The zero-order chi connectivity index (χ0) is 19.3. The van der Waals surface area contributed by atoms with Gasteiger partial charge in [-0.2, -0.15) is 5.10 Å². The van der Waals surface area contributed by atoms with E-state index in [9.17, 15) is 4.79 Å². The molecule has 1 amide bonds. The van der Waals surface area contributed by atoms with Crippen LogP contribution in [0.5, 0.6) is 0 Å². The molecule has 3 aromatic heterocycles. The molecule has 0 aliphatic carbocycles.